The quantitative estimate of drug-likeness (QED) is 0.533. The number of hydrogen-bond acceptors (Lipinski definition) is 5. The summed E-state index contributed by atoms with van der Waals surface area (Å²) in [5, 5.41) is 4.24. The van der Waals surface area contributed by atoms with Crippen molar-refractivity contribution in [1.29, 1.82) is 0 Å². The lowest BCUT2D eigenvalue weighted by Gasteiger charge is -2.34. The van der Waals surface area contributed by atoms with Crippen molar-refractivity contribution in [2.75, 3.05) is 43.8 Å². The van der Waals surface area contributed by atoms with E-state index in [9.17, 15) is 9.59 Å². The fourth-order valence-electron chi connectivity index (χ4n) is 3.80. The number of piperazine rings is 1. The Labute approximate surface area is 196 Å². The van der Waals surface area contributed by atoms with Gasteiger partial charge in [-0.15, -0.1) is 0 Å². The van der Waals surface area contributed by atoms with Gasteiger partial charge in [-0.3, -0.25) is 14.5 Å². The van der Waals surface area contributed by atoms with Crippen LogP contribution < -0.4 is 5.32 Å². The molecular formula is C23H26ClN5O2S. The molecule has 1 saturated heterocycles. The minimum Gasteiger partial charge on any atom is -0.339 e. The van der Waals surface area contributed by atoms with E-state index >= 15 is 0 Å². The molecule has 2 heterocycles. The fourth-order valence-corrected chi connectivity index (χ4v) is 4.96. The molecule has 2 amide bonds. The van der Waals surface area contributed by atoms with Gasteiger partial charge in [-0.2, -0.15) is 0 Å². The molecule has 0 radical (unpaired) electrons. The summed E-state index contributed by atoms with van der Waals surface area (Å²) in [6, 6.07) is 15.2. The molecule has 4 rings (SSSR count). The number of carbonyl (C=O) groups is 2. The summed E-state index contributed by atoms with van der Waals surface area (Å²) in [4.78, 5) is 33.7. The number of rotatable bonds is 7. The number of anilines is 1. The monoisotopic (exact) mass is 471 g/mol. The van der Waals surface area contributed by atoms with Crippen LogP contribution in [0.1, 0.15) is 6.92 Å². The lowest BCUT2D eigenvalue weighted by atomic mass is 10.3. The molecule has 1 aromatic heterocycles. The van der Waals surface area contributed by atoms with E-state index in [0.29, 0.717) is 42.6 Å². The highest BCUT2D eigenvalue weighted by Gasteiger charge is 2.23. The van der Waals surface area contributed by atoms with E-state index < -0.39 is 0 Å². The highest BCUT2D eigenvalue weighted by Crippen LogP contribution is 2.24. The number of carbonyl (C=O) groups excluding carboxylic acids is 2. The molecule has 0 aliphatic carbocycles. The standard InChI is InChI=1S/C23H26ClN5O2S/c1-2-29-20-10-6-5-9-19(20)26-23(29)32-16-22(31)28-13-11-27(12-14-28)15-21(30)25-18-8-4-3-7-17(18)24/h3-10H,2,11-16H2,1H3,(H,25,30). The van der Waals surface area contributed by atoms with Crippen molar-refractivity contribution in [1.82, 2.24) is 19.4 Å². The summed E-state index contributed by atoms with van der Waals surface area (Å²) in [7, 11) is 0. The van der Waals surface area contributed by atoms with Gasteiger partial charge in [0.15, 0.2) is 5.16 Å². The van der Waals surface area contributed by atoms with Crippen molar-refractivity contribution in [3.8, 4) is 0 Å². The molecule has 0 saturated carbocycles. The van der Waals surface area contributed by atoms with E-state index in [1.54, 1.807) is 12.1 Å². The highest BCUT2D eigenvalue weighted by molar-refractivity contribution is 7.99. The molecule has 0 bridgehead atoms. The van der Waals surface area contributed by atoms with E-state index in [0.717, 1.165) is 22.7 Å². The third kappa shape index (κ3) is 5.26. The Morgan fingerprint density at radius 3 is 2.53 bits per heavy atom. The molecule has 2 aromatic carbocycles. The van der Waals surface area contributed by atoms with Crippen LogP contribution in [0.2, 0.25) is 5.02 Å². The lowest BCUT2D eigenvalue weighted by molar-refractivity contribution is -0.130. The van der Waals surface area contributed by atoms with Gasteiger partial charge in [-0.05, 0) is 31.2 Å². The number of aromatic nitrogens is 2. The minimum absolute atomic E-state index is 0.102. The number of para-hydroxylation sites is 3. The summed E-state index contributed by atoms with van der Waals surface area (Å²) in [5.74, 6) is 0.354. The predicted octanol–water partition coefficient (Wildman–Crippen LogP) is 3.58. The Kier molecular flexibility index (Phi) is 7.34. The number of nitrogens with one attached hydrogen (secondary N) is 1. The smallest absolute Gasteiger partial charge is 0.238 e. The second kappa shape index (κ2) is 10.4. The van der Waals surface area contributed by atoms with Crippen LogP contribution in [0.4, 0.5) is 5.69 Å². The second-order valence-electron chi connectivity index (χ2n) is 7.60. The fraction of sp³-hybridized carbons (Fsp3) is 0.348. The van der Waals surface area contributed by atoms with Crippen LogP contribution in [0.3, 0.4) is 0 Å². The van der Waals surface area contributed by atoms with Gasteiger partial charge in [0.05, 0.1) is 34.0 Å². The Bertz CT molecular complexity index is 1110. The zero-order valence-electron chi connectivity index (χ0n) is 18.0. The molecule has 1 aliphatic heterocycles. The summed E-state index contributed by atoms with van der Waals surface area (Å²) in [6.45, 7) is 5.74. The molecule has 32 heavy (non-hydrogen) atoms. The summed E-state index contributed by atoms with van der Waals surface area (Å²) >= 11 is 7.58. The Morgan fingerprint density at radius 1 is 1.06 bits per heavy atom. The Morgan fingerprint density at radius 2 is 1.78 bits per heavy atom. The van der Waals surface area contributed by atoms with Crippen molar-refractivity contribution in [3.63, 3.8) is 0 Å². The van der Waals surface area contributed by atoms with Gasteiger partial charge < -0.3 is 14.8 Å². The maximum absolute atomic E-state index is 12.7. The number of aryl methyl sites for hydroxylation is 1. The Balaban J connectivity index is 1.25. The SMILES string of the molecule is CCn1c(SCC(=O)N2CCN(CC(=O)Nc3ccccc3Cl)CC2)nc2ccccc21. The molecule has 168 valence electrons. The summed E-state index contributed by atoms with van der Waals surface area (Å²) in [5.41, 5.74) is 2.66. The molecule has 1 fully saturated rings. The van der Waals surface area contributed by atoms with Gasteiger partial charge in [-0.1, -0.05) is 47.6 Å². The molecule has 1 N–H and O–H groups in total. The first kappa shape index (κ1) is 22.6. The van der Waals surface area contributed by atoms with Gasteiger partial charge in [0, 0.05) is 32.7 Å². The number of amides is 2. The first-order valence-corrected chi connectivity index (χ1v) is 12.0. The van der Waals surface area contributed by atoms with Crippen LogP contribution in [0, 0.1) is 0 Å². The number of fused-ring (bicyclic) bond motifs is 1. The molecule has 0 spiro atoms. The van der Waals surface area contributed by atoms with Crippen LogP contribution in [0.15, 0.2) is 53.7 Å². The zero-order chi connectivity index (χ0) is 22.5. The number of nitrogens with zero attached hydrogens (tertiary/aromatic N) is 4. The number of halogens is 1. The molecule has 3 aromatic rings. The van der Waals surface area contributed by atoms with Crippen LogP contribution in [0.5, 0.6) is 0 Å². The molecule has 0 atom stereocenters. The summed E-state index contributed by atoms with van der Waals surface area (Å²) in [6.07, 6.45) is 0. The van der Waals surface area contributed by atoms with Crippen molar-refractivity contribution in [3.05, 3.63) is 53.6 Å². The molecule has 7 nitrogen and oxygen atoms in total. The highest BCUT2D eigenvalue weighted by atomic mass is 35.5. The van der Waals surface area contributed by atoms with Crippen LogP contribution in [-0.2, 0) is 16.1 Å². The van der Waals surface area contributed by atoms with Gasteiger partial charge in [-0.25, -0.2) is 4.98 Å². The maximum atomic E-state index is 12.7. The average molecular weight is 472 g/mol. The number of imidazole rings is 1. The van der Waals surface area contributed by atoms with Crippen LogP contribution in [-0.4, -0.2) is 69.6 Å². The first-order chi connectivity index (χ1) is 15.5. The topological polar surface area (TPSA) is 70.5 Å². The number of hydrogen-bond donors (Lipinski definition) is 1. The van der Waals surface area contributed by atoms with Gasteiger partial charge >= 0.3 is 0 Å². The third-order valence-corrected chi connectivity index (χ3v) is 6.79. The van der Waals surface area contributed by atoms with E-state index in [4.69, 9.17) is 11.6 Å². The van der Waals surface area contributed by atoms with E-state index in [2.05, 4.69) is 32.8 Å². The van der Waals surface area contributed by atoms with Gasteiger partial charge in [0.25, 0.3) is 0 Å². The zero-order valence-corrected chi connectivity index (χ0v) is 19.5. The Hall–Kier alpha value is -2.55. The van der Waals surface area contributed by atoms with E-state index in [-0.39, 0.29) is 18.4 Å². The average Bonchev–Trinajstić information content (AvgIpc) is 3.17. The van der Waals surface area contributed by atoms with Crippen molar-refractivity contribution < 1.29 is 9.59 Å². The van der Waals surface area contributed by atoms with Crippen molar-refractivity contribution in [2.45, 2.75) is 18.6 Å². The molecular weight excluding hydrogens is 446 g/mol. The first-order valence-electron chi connectivity index (χ1n) is 10.7. The molecule has 9 heteroatoms. The number of thioether (sulfide) groups is 1. The lowest BCUT2D eigenvalue weighted by Crippen LogP contribution is -2.50. The van der Waals surface area contributed by atoms with Crippen molar-refractivity contribution in [2.24, 2.45) is 0 Å². The third-order valence-electron chi connectivity index (χ3n) is 5.50. The van der Waals surface area contributed by atoms with Crippen molar-refractivity contribution >= 4 is 51.9 Å². The molecule has 0 unspecified atom stereocenters. The van der Waals surface area contributed by atoms with Crippen LogP contribution >= 0.6 is 23.4 Å². The maximum Gasteiger partial charge on any atom is 0.238 e. The number of benzene rings is 2. The predicted molar refractivity (Wildman–Crippen MR) is 129 cm³/mol. The van der Waals surface area contributed by atoms with E-state index in [1.807, 2.05) is 35.2 Å². The van der Waals surface area contributed by atoms with E-state index in [1.165, 1.54) is 11.8 Å². The largest absolute Gasteiger partial charge is 0.339 e. The van der Waals surface area contributed by atoms with Gasteiger partial charge in [0.1, 0.15) is 0 Å². The molecule has 1 aliphatic rings. The summed E-state index contributed by atoms with van der Waals surface area (Å²) < 4.78 is 2.14. The van der Waals surface area contributed by atoms with Gasteiger partial charge in [0.2, 0.25) is 11.8 Å². The van der Waals surface area contributed by atoms with Crippen LogP contribution in [0.25, 0.3) is 11.0 Å². The second-order valence-corrected chi connectivity index (χ2v) is 8.95. The normalized spacial score (nSPS) is 14.6. The minimum atomic E-state index is -0.105.